The largest absolute Gasteiger partial charge is 0.487 e. The van der Waals surface area contributed by atoms with Crippen molar-refractivity contribution in [3.8, 4) is 5.75 Å². The van der Waals surface area contributed by atoms with Crippen molar-refractivity contribution in [2.45, 2.75) is 42.2 Å². The average molecular weight is 534 g/mol. The van der Waals surface area contributed by atoms with E-state index in [1.807, 2.05) is 23.6 Å². The second-order valence-electron chi connectivity index (χ2n) is 8.07. The van der Waals surface area contributed by atoms with Gasteiger partial charge in [0.05, 0.1) is 16.5 Å². The van der Waals surface area contributed by atoms with Gasteiger partial charge in [-0.1, -0.05) is 15.9 Å². The lowest BCUT2D eigenvalue weighted by molar-refractivity contribution is -0.0366. The molecule has 1 saturated carbocycles. The first-order valence-corrected chi connectivity index (χ1v) is 12.7. The average Bonchev–Trinajstić information content (AvgIpc) is 3.37. The van der Waals surface area contributed by atoms with E-state index >= 15 is 4.39 Å². The molecular formula is C22H17BrFN3O3S2. The predicted molar refractivity (Wildman–Crippen MR) is 126 cm³/mol. The van der Waals surface area contributed by atoms with E-state index < -0.39 is 11.6 Å². The highest BCUT2D eigenvalue weighted by Gasteiger charge is 2.47. The molecule has 0 amide bonds. The van der Waals surface area contributed by atoms with Crippen molar-refractivity contribution >= 4 is 55.4 Å². The fourth-order valence-corrected chi connectivity index (χ4v) is 6.14. The van der Waals surface area contributed by atoms with Gasteiger partial charge in [0.25, 0.3) is 0 Å². The molecule has 0 saturated heterocycles. The van der Waals surface area contributed by atoms with Crippen LogP contribution in [0, 0.1) is 5.82 Å². The van der Waals surface area contributed by atoms with E-state index in [2.05, 4.69) is 25.6 Å². The van der Waals surface area contributed by atoms with Crippen molar-refractivity contribution in [3.05, 3.63) is 68.3 Å². The van der Waals surface area contributed by atoms with Gasteiger partial charge in [-0.3, -0.25) is 4.57 Å². The Kier molecular flexibility index (Phi) is 4.85. The SMILES string of the molecule is O=c1oc2cc(SNc3nccs3)c(F)cc2n1C1CC2(CCC2)Oc2ccc(Br)cc21. The number of anilines is 1. The number of aromatic nitrogens is 2. The second kappa shape index (κ2) is 7.64. The Morgan fingerprint density at radius 3 is 2.94 bits per heavy atom. The maximum Gasteiger partial charge on any atom is 0.420 e. The van der Waals surface area contributed by atoms with Crippen LogP contribution in [-0.2, 0) is 0 Å². The molecule has 1 atom stereocenters. The van der Waals surface area contributed by atoms with Gasteiger partial charge in [-0.15, -0.1) is 11.3 Å². The Morgan fingerprint density at radius 2 is 2.19 bits per heavy atom. The number of oxazole rings is 1. The van der Waals surface area contributed by atoms with Gasteiger partial charge in [0.15, 0.2) is 10.7 Å². The molecule has 0 radical (unpaired) electrons. The van der Waals surface area contributed by atoms with Crippen LogP contribution >= 0.6 is 39.2 Å². The zero-order valence-electron chi connectivity index (χ0n) is 16.6. The van der Waals surface area contributed by atoms with Crippen LogP contribution in [0.3, 0.4) is 0 Å². The Hall–Kier alpha value is -2.30. The zero-order chi connectivity index (χ0) is 21.9. The summed E-state index contributed by atoms with van der Waals surface area (Å²) in [6, 6.07) is 8.48. The minimum atomic E-state index is -0.498. The highest BCUT2D eigenvalue weighted by Crippen LogP contribution is 2.50. The molecule has 1 N–H and O–H groups in total. The third-order valence-corrected chi connectivity index (χ3v) is 8.29. The van der Waals surface area contributed by atoms with E-state index in [-0.39, 0.29) is 11.6 Å². The maximum atomic E-state index is 15.0. The van der Waals surface area contributed by atoms with Gasteiger partial charge < -0.3 is 13.9 Å². The summed E-state index contributed by atoms with van der Waals surface area (Å²) in [6.07, 6.45) is 5.31. The van der Waals surface area contributed by atoms with Crippen LogP contribution in [-0.4, -0.2) is 15.2 Å². The summed E-state index contributed by atoms with van der Waals surface area (Å²) in [4.78, 5) is 17.5. The molecular weight excluding hydrogens is 517 g/mol. The zero-order valence-corrected chi connectivity index (χ0v) is 19.9. The Balaban J connectivity index is 1.44. The number of hydrogen-bond acceptors (Lipinski definition) is 7. The molecule has 1 aliphatic carbocycles. The Bertz CT molecular complexity index is 1380. The minimum Gasteiger partial charge on any atom is -0.487 e. The number of halogens is 2. The van der Waals surface area contributed by atoms with E-state index in [1.54, 1.807) is 16.8 Å². The van der Waals surface area contributed by atoms with Crippen molar-refractivity contribution in [1.29, 1.82) is 0 Å². The van der Waals surface area contributed by atoms with Crippen molar-refractivity contribution in [3.63, 3.8) is 0 Å². The third kappa shape index (κ3) is 3.36. The van der Waals surface area contributed by atoms with Gasteiger partial charge in [-0.25, -0.2) is 14.2 Å². The van der Waals surface area contributed by atoms with Gasteiger partial charge in [0.2, 0.25) is 0 Å². The van der Waals surface area contributed by atoms with Crippen molar-refractivity contribution in [1.82, 2.24) is 9.55 Å². The van der Waals surface area contributed by atoms with Gasteiger partial charge in [0, 0.05) is 40.2 Å². The normalized spacial score (nSPS) is 18.9. The standard InChI is InChI=1S/C22H17BrFN3O3S2/c23-12-2-3-17-13(8-12)16(11-22(30-17)4-1-5-22)27-15-9-14(24)19(10-18(15)29-21(27)28)32-26-20-25-6-7-31-20/h2-3,6-10,16H,1,4-5,11H2,(H,25,26). The van der Waals surface area contributed by atoms with Crippen LogP contribution in [0.2, 0.25) is 0 Å². The smallest absolute Gasteiger partial charge is 0.420 e. The molecule has 2 aliphatic rings. The fourth-order valence-electron chi connectivity index (χ4n) is 4.50. The minimum absolute atomic E-state index is 0.277. The van der Waals surface area contributed by atoms with Crippen LogP contribution in [0.4, 0.5) is 9.52 Å². The molecule has 2 aromatic heterocycles. The van der Waals surface area contributed by atoms with Gasteiger partial charge >= 0.3 is 5.76 Å². The van der Waals surface area contributed by atoms with Crippen LogP contribution in [0.15, 0.2) is 60.5 Å². The number of ether oxygens (including phenoxy) is 1. The van der Waals surface area contributed by atoms with Crippen molar-refractivity contribution in [2.24, 2.45) is 0 Å². The first-order chi connectivity index (χ1) is 15.5. The van der Waals surface area contributed by atoms with Gasteiger partial charge in [-0.05, 0) is 49.4 Å². The molecule has 10 heteroatoms. The monoisotopic (exact) mass is 533 g/mol. The molecule has 6 rings (SSSR count). The molecule has 1 fully saturated rings. The molecule has 3 heterocycles. The van der Waals surface area contributed by atoms with E-state index in [0.29, 0.717) is 27.5 Å². The molecule has 1 unspecified atom stereocenters. The summed E-state index contributed by atoms with van der Waals surface area (Å²) >= 11 is 6.04. The van der Waals surface area contributed by atoms with Crippen LogP contribution in [0.25, 0.3) is 11.1 Å². The van der Waals surface area contributed by atoms with Crippen molar-refractivity contribution < 1.29 is 13.5 Å². The number of thiazole rings is 1. The van der Waals surface area contributed by atoms with Crippen LogP contribution in [0.1, 0.15) is 37.3 Å². The number of nitrogens with zero attached hydrogens (tertiary/aromatic N) is 2. The predicted octanol–water partition coefficient (Wildman–Crippen LogP) is 6.37. The van der Waals surface area contributed by atoms with E-state index in [4.69, 9.17) is 9.15 Å². The number of hydrogen-bond donors (Lipinski definition) is 1. The number of rotatable bonds is 4. The Labute approximate surface area is 199 Å². The summed E-state index contributed by atoms with van der Waals surface area (Å²) < 4.78 is 32.4. The lowest BCUT2D eigenvalue weighted by Gasteiger charge is -2.48. The molecule has 1 spiro atoms. The molecule has 1 aliphatic heterocycles. The summed E-state index contributed by atoms with van der Waals surface area (Å²) in [5.74, 6) is -0.159. The first-order valence-electron chi connectivity index (χ1n) is 10.2. The topological polar surface area (TPSA) is 69.3 Å². The number of nitrogens with one attached hydrogen (secondary N) is 1. The van der Waals surface area contributed by atoms with Gasteiger partial charge in [-0.2, -0.15) is 0 Å². The van der Waals surface area contributed by atoms with Crippen LogP contribution in [0.5, 0.6) is 5.75 Å². The summed E-state index contributed by atoms with van der Waals surface area (Å²) in [5.41, 5.74) is 1.41. The second-order valence-corrected chi connectivity index (χ2v) is 10.7. The van der Waals surface area contributed by atoms with Crippen LogP contribution < -0.4 is 15.2 Å². The molecule has 2 aromatic carbocycles. The highest BCUT2D eigenvalue weighted by molar-refractivity contribution is 9.10. The molecule has 164 valence electrons. The quantitative estimate of drug-likeness (QED) is 0.307. The molecule has 32 heavy (non-hydrogen) atoms. The molecule has 0 bridgehead atoms. The van der Waals surface area contributed by atoms with Gasteiger partial charge in [0.1, 0.15) is 17.2 Å². The molecule has 4 aromatic rings. The third-order valence-electron chi connectivity index (χ3n) is 6.15. The lowest BCUT2D eigenvalue weighted by Crippen LogP contribution is -2.48. The lowest BCUT2D eigenvalue weighted by atomic mass is 9.73. The van der Waals surface area contributed by atoms with E-state index in [1.165, 1.54) is 17.4 Å². The fraction of sp³-hybridized carbons (Fsp3) is 0.273. The van der Waals surface area contributed by atoms with Crippen molar-refractivity contribution in [2.75, 3.05) is 4.72 Å². The summed E-state index contributed by atoms with van der Waals surface area (Å²) in [6.45, 7) is 0. The highest BCUT2D eigenvalue weighted by atomic mass is 79.9. The summed E-state index contributed by atoms with van der Waals surface area (Å²) in [7, 11) is 0. The van der Waals surface area contributed by atoms with E-state index in [9.17, 15) is 4.79 Å². The number of fused-ring (bicyclic) bond motifs is 2. The summed E-state index contributed by atoms with van der Waals surface area (Å²) in [5, 5.41) is 2.50. The first kappa shape index (κ1) is 20.3. The molecule has 6 nitrogen and oxygen atoms in total. The number of benzene rings is 2. The Morgan fingerprint density at radius 1 is 1.31 bits per heavy atom. The maximum absolute atomic E-state index is 15.0. The van der Waals surface area contributed by atoms with E-state index in [0.717, 1.165) is 47.0 Å².